The van der Waals surface area contributed by atoms with E-state index in [1.807, 2.05) is 11.3 Å². The zero-order valence-corrected chi connectivity index (χ0v) is 12.8. The Hall–Kier alpha value is -1.16. The predicted octanol–water partition coefficient (Wildman–Crippen LogP) is 4.04. The number of hydrogen-bond donors (Lipinski definition) is 2. The van der Waals surface area contributed by atoms with Crippen molar-refractivity contribution < 1.29 is 0 Å². The number of hydrogen-bond acceptors (Lipinski definition) is 3. The van der Waals surface area contributed by atoms with Crippen LogP contribution in [0.5, 0.6) is 0 Å². The summed E-state index contributed by atoms with van der Waals surface area (Å²) in [5.74, 6) is 6.31. The van der Waals surface area contributed by atoms with Gasteiger partial charge in [-0.25, -0.2) is 5.43 Å². The molecule has 3 heteroatoms. The highest BCUT2D eigenvalue weighted by Crippen LogP contribution is 2.30. The number of aryl methyl sites for hydroxylation is 2. The van der Waals surface area contributed by atoms with E-state index >= 15 is 0 Å². The van der Waals surface area contributed by atoms with Crippen LogP contribution in [0.4, 0.5) is 0 Å². The summed E-state index contributed by atoms with van der Waals surface area (Å²) in [5, 5.41) is 0. The second-order valence-corrected chi connectivity index (χ2v) is 6.60. The quantitative estimate of drug-likeness (QED) is 0.652. The van der Waals surface area contributed by atoms with Gasteiger partial charge in [-0.3, -0.25) is 5.84 Å². The van der Waals surface area contributed by atoms with E-state index in [1.54, 1.807) is 0 Å². The standard InChI is InChI=1S/C16H22N2S/c1-10(2)13-5-7-14(8-6-13)16(18-17)15-9-11(3)12(4)19-15/h5-10,16,18H,17H2,1-4H3. The summed E-state index contributed by atoms with van der Waals surface area (Å²) in [6, 6.07) is 11.0. The van der Waals surface area contributed by atoms with Crippen LogP contribution in [0.15, 0.2) is 30.3 Å². The van der Waals surface area contributed by atoms with E-state index in [0.29, 0.717) is 5.92 Å². The Morgan fingerprint density at radius 1 is 1.05 bits per heavy atom. The topological polar surface area (TPSA) is 38.0 Å². The minimum absolute atomic E-state index is 0.0820. The zero-order chi connectivity index (χ0) is 14.0. The molecule has 102 valence electrons. The van der Waals surface area contributed by atoms with Crippen molar-refractivity contribution in [2.75, 3.05) is 0 Å². The normalized spacial score (nSPS) is 12.9. The van der Waals surface area contributed by atoms with Crippen molar-refractivity contribution in [2.45, 2.75) is 39.7 Å². The molecule has 0 spiro atoms. The largest absolute Gasteiger partial charge is 0.271 e. The monoisotopic (exact) mass is 274 g/mol. The van der Waals surface area contributed by atoms with E-state index in [1.165, 1.54) is 26.4 Å². The van der Waals surface area contributed by atoms with Gasteiger partial charge in [-0.05, 0) is 42.5 Å². The molecule has 0 aliphatic heterocycles. The molecule has 2 nitrogen and oxygen atoms in total. The molecule has 1 heterocycles. The van der Waals surface area contributed by atoms with Crippen molar-refractivity contribution in [2.24, 2.45) is 5.84 Å². The fourth-order valence-electron chi connectivity index (χ4n) is 2.16. The van der Waals surface area contributed by atoms with Crippen molar-refractivity contribution in [1.82, 2.24) is 5.43 Å². The predicted molar refractivity (Wildman–Crippen MR) is 83.5 cm³/mol. The lowest BCUT2D eigenvalue weighted by molar-refractivity contribution is 0.646. The van der Waals surface area contributed by atoms with E-state index in [0.717, 1.165) is 0 Å². The lowest BCUT2D eigenvalue weighted by Crippen LogP contribution is -2.28. The molecule has 19 heavy (non-hydrogen) atoms. The van der Waals surface area contributed by atoms with Crippen LogP contribution in [0.25, 0.3) is 0 Å². The molecule has 2 aromatic rings. The third-order valence-corrected chi connectivity index (χ3v) is 4.79. The van der Waals surface area contributed by atoms with Crippen molar-refractivity contribution in [1.29, 1.82) is 0 Å². The van der Waals surface area contributed by atoms with Crippen molar-refractivity contribution in [3.63, 3.8) is 0 Å². The van der Waals surface area contributed by atoms with Gasteiger partial charge in [0.05, 0.1) is 6.04 Å². The van der Waals surface area contributed by atoms with Gasteiger partial charge < -0.3 is 0 Å². The number of benzene rings is 1. The molecule has 0 aliphatic carbocycles. The van der Waals surface area contributed by atoms with Crippen LogP contribution < -0.4 is 11.3 Å². The summed E-state index contributed by atoms with van der Waals surface area (Å²) in [4.78, 5) is 2.63. The molecule has 0 fully saturated rings. The highest BCUT2D eigenvalue weighted by molar-refractivity contribution is 7.12. The molecular formula is C16H22N2S. The van der Waals surface area contributed by atoms with Gasteiger partial charge in [0.15, 0.2) is 0 Å². The first-order valence-electron chi connectivity index (χ1n) is 6.66. The smallest absolute Gasteiger partial charge is 0.0802 e. The van der Waals surface area contributed by atoms with Crippen LogP contribution in [-0.2, 0) is 0 Å². The molecule has 0 aliphatic rings. The van der Waals surface area contributed by atoms with Gasteiger partial charge in [0.25, 0.3) is 0 Å². The highest BCUT2D eigenvalue weighted by atomic mass is 32.1. The van der Waals surface area contributed by atoms with Gasteiger partial charge in [0, 0.05) is 9.75 Å². The average molecular weight is 274 g/mol. The lowest BCUT2D eigenvalue weighted by Gasteiger charge is -2.16. The second-order valence-electron chi connectivity index (χ2n) is 5.31. The molecule has 2 rings (SSSR count). The first-order valence-corrected chi connectivity index (χ1v) is 7.47. The molecule has 1 aromatic heterocycles. The summed E-state index contributed by atoms with van der Waals surface area (Å²) in [7, 11) is 0. The molecule has 1 aromatic carbocycles. The number of thiophene rings is 1. The highest BCUT2D eigenvalue weighted by Gasteiger charge is 2.15. The fraction of sp³-hybridized carbons (Fsp3) is 0.375. The SMILES string of the molecule is Cc1cc(C(NN)c2ccc(C(C)C)cc2)sc1C. The van der Waals surface area contributed by atoms with E-state index in [9.17, 15) is 0 Å². The Bertz CT molecular complexity index is 521. The van der Waals surface area contributed by atoms with Crippen molar-refractivity contribution >= 4 is 11.3 Å². The fourth-order valence-corrected chi connectivity index (χ4v) is 3.29. The molecular weight excluding hydrogens is 252 g/mol. The van der Waals surface area contributed by atoms with Crippen LogP contribution in [0.1, 0.15) is 52.3 Å². The third-order valence-electron chi connectivity index (χ3n) is 3.57. The first-order chi connectivity index (χ1) is 9.02. The Morgan fingerprint density at radius 2 is 1.63 bits per heavy atom. The van der Waals surface area contributed by atoms with E-state index < -0.39 is 0 Å². The van der Waals surface area contributed by atoms with Crippen molar-refractivity contribution in [3.05, 3.63) is 56.8 Å². The Labute approximate surface area is 119 Å². The van der Waals surface area contributed by atoms with Crippen LogP contribution in [0.2, 0.25) is 0 Å². The summed E-state index contributed by atoms with van der Waals surface area (Å²) in [6.07, 6.45) is 0. The molecule has 0 bridgehead atoms. The molecule has 0 amide bonds. The number of rotatable bonds is 4. The van der Waals surface area contributed by atoms with Gasteiger partial charge in [0.2, 0.25) is 0 Å². The van der Waals surface area contributed by atoms with Crippen LogP contribution in [0.3, 0.4) is 0 Å². The van der Waals surface area contributed by atoms with E-state index in [4.69, 9.17) is 5.84 Å². The Morgan fingerprint density at radius 3 is 2.05 bits per heavy atom. The Balaban J connectivity index is 2.31. The van der Waals surface area contributed by atoms with Gasteiger partial charge in [-0.1, -0.05) is 38.1 Å². The maximum absolute atomic E-state index is 5.75. The minimum atomic E-state index is 0.0820. The summed E-state index contributed by atoms with van der Waals surface area (Å²) in [6.45, 7) is 8.71. The minimum Gasteiger partial charge on any atom is -0.271 e. The zero-order valence-electron chi connectivity index (χ0n) is 12.0. The second kappa shape index (κ2) is 5.87. The molecule has 1 atom stereocenters. The number of nitrogens with one attached hydrogen (secondary N) is 1. The summed E-state index contributed by atoms with van der Waals surface area (Å²) in [5.41, 5.74) is 6.84. The molecule has 3 N–H and O–H groups in total. The molecule has 0 radical (unpaired) electrons. The van der Waals surface area contributed by atoms with Gasteiger partial charge in [-0.15, -0.1) is 11.3 Å². The van der Waals surface area contributed by atoms with E-state index in [2.05, 4.69) is 63.5 Å². The Kier molecular flexibility index (Phi) is 4.40. The molecule has 0 saturated carbocycles. The number of hydrazine groups is 1. The van der Waals surface area contributed by atoms with Gasteiger partial charge in [-0.2, -0.15) is 0 Å². The maximum Gasteiger partial charge on any atom is 0.0802 e. The van der Waals surface area contributed by atoms with Crippen molar-refractivity contribution in [3.8, 4) is 0 Å². The number of nitrogens with two attached hydrogens (primary N) is 1. The third kappa shape index (κ3) is 3.06. The van der Waals surface area contributed by atoms with Gasteiger partial charge >= 0.3 is 0 Å². The molecule has 0 saturated heterocycles. The van der Waals surface area contributed by atoms with Crippen LogP contribution in [0, 0.1) is 13.8 Å². The first kappa shape index (κ1) is 14.3. The van der Waals surface area contributed by atoms with Crippen LogP contribution in [-0.4, -0.2) is 0 Å². The van der Waals surface area contributed by atoms with Crippen LogP contribution >= 0.6 is 11.3 Å². The van der Waals surface area contributed by atoms with E-state index in [-0.39, 0.29) is 6.04 Å². The van der Waals surface area contributed by atoms with Gasteiger partial charge in [0.1, 0.15) is 0 Å². The molecule has 1 unspecified atom stereocenters. The lowest BCUT2D eigenvalue weighted by atomic mass is 9.98. The summed E-state index contributed by atoms with van der Waals surface area (Å²) >= 11 is 1.81. The maximum atomic E-state index is 5.75. The summed E-state index contributed by atoms with van der Waals surface area (Å²) < 4.78 is 0. The average Bonchev–Trinajstić information content (AvgIpc) is 2.71.